The molecular formula is C17H23BrN2S. The second-order valence-electron chi connectivity index (χ2n) is 6.98. The van der Waals surface area contributed by atoms with E-state index in [1.807, 2.05) is 0 Å². The van der Waals surface area contributed by atoms with Gasteiger partial charge in [0.25, 0.3) is 0 Å². The molecule has 0 radical (unpaired) electrons. The standard InChI is InChI=1S/C17H23BrN2S/c1-12(2)10-17(7-3-4-8-17)11-20-15-6-5-13(18)9-14(15)19-16(20)21/h5-6,9,12H,3-4,7-8,10-11H2,1-2H3,(H,19,21). The summed E-state index contributed by atoms with van der Waals surface area (Å²) < 4.78 is 4.28. The van der Waals surface area contributed by atoms with Gasteiger partial charge in [0.05, 0.1) is 11.0 Å². The number of H-pyrrole nitrogens is 1. The van der Waals surface area contributed by atoms with Crippen LogP contribution >= 0.6 is 28.1 Å². The molecule has 1 N–H and O–H groups in total. The molecule has 2 nitrogen and oxygen atoms in total. The average molecular weight is 367 g/mol. The van der Waals surface area contributed by atoms with Gasteiger partial charge in [0.15, 0.2) is 4.77 Å². The number of rotatable bonds is 4. The summed E-state index contributed by atoms with van der Waals surface area (Å²) in [7, 11) is 0. The van der Waals surface area contributed by atoms with Gasteiger partial charge < -0.3 is 9.55 Å². The zero-order chi connectivity index (χ0) is 15.0. The van der Waals surface area contributed by atoms with Crippen molar-refractivity contribution in [3.8, 4) is 0 Å². The zero-order valence-corrected chi connectivity index (χ0v) is 15.2. The lowest BCUT2D eigenvalue weighted by Crippen LogP contribution is -2.25. The second kappa shape index (κ2) is 5.88. The van der Waals surface area contributed by atoms with Crippen LogP contribution in [-0.4, -0.2) is 9.55 Å². The van der Waals surface area contributed by atoms with Crippen molar-refractivity contribution in [3.05, 3.63) is 27.4 Å². The van der Waals surface area contributed by atoms with Crippen molar-refractivity contribution in [2.24, 2.45) is 11.3 Å². The van der Waals surface area contributed by atoms with Crippen LogP contribution in [0.4, 0.5) is 0 Å². The Labute approximate surface area is 140 Å². The molecule has 114 valence electrons. The number of imidazole rings is 1. The molecule has 0 saturated heterocycles. The van der Waals surface area contributed by atoms with E-state index in [2.05, 4.69) is 57.5 Å². The molecule has 0 bridgehead atoms. The van der Waals surface area contributed by atoms with E-state index in [0.29, 0.717) is 5.41 Å². The van der Waals surface area contributed by atoms with E-state index in [4.69, 9.17) is 12.2 Å². The fourth-order valence-electron chi connectivity index (χ4n) is 4.05. The number of benzene rings is 1. The first-order valence-corrected chi connectivity index (χ1v) is 9.07. The Balaban J connectivity index is 2.00. The molecule has 4 heteroatoms. The minimum atomic E-state index is 0.439. The third-order valence-corrected chi connectivity index (χ3v) is 5.55. The number of hydrogen-bond donors (Lipinski definition) is 1. The predicted molar refractivity (Wildman–Crippen MR) is 95.2 cm³/mol. The third kappa shape index (κ3) is 3.11. The first kappa shape index (κ1) is 15.3. The lowest BCUT2D eigenvalue weighted by Gasteiger charge is -2.31. The van der Waals surface area contributed by atoms with E-state index in [1.54, 1.807) is 0 Å². The Hall–Kier alpha value is -0.610. The quantitative estimate of drug-likeness (QED) is 0.651. The molecule has 2 aromatic rings. The summed E-state index contributed by atoms with van der Waals surface area (Å²) in [6.07, 6.45) is 6.73. The van der Waals surface area contributed by atoms with Crippen molar-refractivity contribution in [2.75, 3.05) is 0 Å². The van der Waals surface area contributed by atoms with Gasteiger partial charge in [-0.2, -0.15) is 0 Å². The van der Waals surface area contributed by atoms with Crippen LogP contribution in [0.3, 0.4) is 0 Å². The third-order valence-electron chi connectivity index (χ3n) is 4.74. The summed E-state index contributed by atoms with van der Waals surface area (Å²) in [5.74, 6) is 0.747. The predicted octanol–water partition coefficient (Wildman–Crippen LogP) is 6.07. The van der Waals surface area contributed by atoms with Crippen LogP contribution in [-0.2, 0) is 6.54 Å². The molecule has 1 saturated carbocycles. The number of aromatic amines is 1. The van der Waals surface area contributed by atoms with Crippen molar-refractivity contribution < 1.29 is 0 Å². The Morgan fingerprint density at radius 1 is 1.33 bits per heavy atom. The molecule has 0 aliphatic heterocycles. The fraction of sp³-hybridized carbons (Fsp3) is 0.588. The monoisotopic (exact) mass is 366 g/mol. The maximum atomic E-state index is 5.59. The normalized spacial score (nSPS) is 17.9. The molecule has 1 heterocycles. The minimum Gasteiger partial charge on any atom is -0.331 e. The van der Waals surface area contributed by atoms with Gasteiger partial charge in [-0.3, -0.25) is 0 Å². The number of nitrogens with zero attached hydrogens (tertiary/aromatic N) is 1. The first-order valence-electron chi connectivity index (χ1n) is 7.87. The van der Waals surface area contributed by atoms with Gasteiger partial charge in [0, 0.05) is 11.0 Å². The smallest absolute Gasteiger partial charge is 0.178 e. The molecule has 1 aliphatic carbocycles. The first-order chi connectivity index (χ1) is 9.99. The van der Waals surface area contributed by atoms with E-state index in [1.165, 1.54) is 37.6 Å². The molecule has 1 fully saturated rings. The zero-order valence-electron chi connectivity index (χ0n) is 12.8. The van der Waals surface area contributed by atoms with Crippen molar-refractivity contribution in [1.29, 1.82) is 0 Å². The number of fused-ring (bicyclic) bond motifs is 1. The summed E-state index contributed by atoms with van der Waals surface area (Å²) in [5.41, 5.74) is 2.81. The van der Waals surface area contributed by atoms with Crippen molar-refractivity contribution >= 4 is 39.2 Å². The van der Waals surface area contributed by atoms with E-state index < -0.39 is 0 Å². The molecule has 0 unspecified atom stereocenters. The van der Waals surface area contributed by atoms with Gasteiger partial charge in [-0.05, 0) is 61.0 Å². The van der Waals surface area contributed by atoms with Crippen molar-refractivity contribution in [1.82, 2.24) is 9.55 Å². The summed E-state index contributed by atoms with van der Waals surface area (Å²) in [6.45, 7) is 5.74. The fourth-order valence-corrected chi connectivity index (χ4v) is 4.68. The van der Waals surface area contributed by atoms with E-state index >= 15 is 0 Å². The van der Waals surface area contributed by atoms with E-state index in [9.17, 15) is 0 Å². The highest BCUT2D eigenvalue weighted by atomic mass is 79.9. The highest BCUT2D eigenvalue weighted by Crippen LogP contribution is 2.45. The molecule has 0 atom stereocenters. The van der Waals surface area contributed by atoms with E-state index in [0.717, 1.165) is 27.2 Å². The topological polar surface area (TPSA) is 20.7 Å². The van der Waals surface area contributed by atoms with Crippen LogP contribution in [0, 0.1) is 16.1 Å². The average Bonchev–Trinajstić information content (AvgIpc) is 2.95. The highest BCUT2D eigenvalue weighted by Gasteiger charge is 2.35. The molecule has 21 heavy (non-hydrogen) atoms. The van der Waals surface area contributed by atoms with Crippen molar-refractivity contribution in [3.63, 3.8) is 0 Å². The van der Waals surface area contributed by atoms with Gasteiger partial charge >= 0.3 is 0 Å². The number of nitrogens with one attached hydrogen (secondary N) is 1. The Morgan fingerprint density at radius 3 is 2.71 bits per heavy atom. The SMILES string of the molecule is CC(C)CC1(Cn2c(=S)[nH]c3cc(Br)ccc32)CCCC1. The molecular weight excluding hydrogens is 344 g/mol. The van der Waals surface area contributed by atoms with Crippen LogP contribution < -0.4 is 0 Å². The molecule has 1 aromatic heterocycles. The molecule has 3 rings (SSSR count). The number of halogens is 1. The Bertz CT molecular complexity index is 692. The van der Waals surface area contributed by atoms with Crippen LogP contribution in [0.1, 0.15) is 46.0 Å². The van der Waals surface area contributed by atoms with Crippen LogP contribution in [0.15, 0.2) is 22.7 Å². The molecule has 0 spiro atoms. The van der Waals surface area contributed by atoms with Crippen molar-refractivity contribution in [2.45, 2.75) is 52.5 Å². The van der Waals surface area contributed by atoms with E-state index in [-0.39, 0.29) is 0 Å². The van der Waals surface area contributed by atoms with Gasteiger partial charge in [-0.1, -0.05) is 42.6 Å². The second-order valence-corrected chi connectivity index (χ2v) is 8.29. The minimum absolute atomic E-state index is 0.439. The number of hydrogen-bond acceptors (Lipinski definition) is 1. The van der Waals surface area contributed by atoms with Crippen LogP contribution in [0.2, 0.25) is 0 Å². The number of aromatic nitrogens is 2. The van der Waals surface area contributed by atoms with Gasteiger partial charge in [0.2, 0.25) is 0 Å². The Morgan fingerprint density at radius 2 is 2.05 bits per heavy atom. The summed E-state index contributed by atoms with van der Waals surface area (Å²) in [5, 5.41) is 0. The molecule has 1 aromatic carbocycles. The summed E-state index contributed by atoms with van der Waals surface area (Å²) in [6, 6.07) is 6.39. The Kier molecular flexibility index (Phi) is 4.28. The van der Waals surface area contributed by atoms with Crippen LogP contribution in [0.5, 0.6) is 0 Å². The van der Waals surface area contributed by atoms with Gasteiger partial charge in [-0.15, -0.1) is 0 Å². The highest BCUT2D eigenvalue weighted by molar-refractivity contribution is 9.10. The lowest BCUT2D eigenvalue weighted by atomic mass is 9.78. The maximum absolute atomic E-state index is 5.59. The molecule has 0 amide bonds. The lowest BCUT2D eigenvalue weighted by molar-refractivity contribution is 0.198. The largest absolute Gasteiger partial charge is 0.331 e. The van der Waals surface area contributed by atoms with Crippen LogP contribution in [0.25, 0.3) is 11.0 Å². The van der Waals surface area contributed by atoms with Gasteiger partial charge in [-0.25, -0.2) is 0 Å². The van der Waals surface area contributed by atoms with Gasteiger partial charge in [0.1, 0.15) is 0 Å². The molecule has 1 aliphatic rings. The maximum Gasteiger partial charge on any atom is 0.178 e. The summed E-state index contributed by atoms with van der Waals surface area (Å²) >= 11 is 9.12. The summed E-state index contributed by atoms with van der Waals surface area (Å²) in [4.78, 5) is 3.36.